The van der Waals surface area contributed by atoms with Gasteiger partial charge in [-0.15, -0.1) is 0 Å². The zero-order valence-corrected chi connectivity index (χ0v) is 12.9. The van der Waals surface area contributed by atoms with Gasteiger partial charge in [-0.25, -0.2) is 0 Å². The van der Waals surface area contributed by atoms with Gasteiger partial charge in [-0.1, -0.05) is 19.9 Å². The van der Waals surface area contributed by atoms with Crippen LogP contribution in [-0.4, -0.2) is 18.0 Å². The van der Waals surface area contributed by atoms with Crippen molar-refractivity contribution in [1.29, 1.82) is 0 Å². The van der Waals surface area contributed by atoms with E-state index in [2.05, 4.69) is 46.8 Å². The monoisotopic (exact) mass is 310 g/mol. The van der Waals surface area contributed by atoms with Crippen molar-refractivity contribution in [2.45, 2.75) is 33.2 Å². The van der Waals surface area contributed by atoms with Crippen LogP contribution < -0.4 is 5.73 Å². The first-order chi connectivity index (χ1) is 8.56. The predicted octanol–water partition coefficient (Wildman–Crippen LogP) is 3.90. The van der Waals surface area contributed by atoms with Crippen molar-refractivity contribution in [3.05, 3.63) is 28.2 Å². The number of benzene rings is 1. The Labute approximate surface area is 119 Å². The molecule has 2 nitrogen and oxygen atoms in total. The molecule has 0 amide bonds. The van der Waals surface area contributed by atoms with Gasteiger partial charge in [0.2, 0.25) is 0 Å². The molecule has 100 valence electrons. The minimum absolute atomic E-state index is 0.817. The van der Waals surface area contributed by atoms with Crippen LogP contribution >= 0.6 is 15.9 Å². The zero-order valence-electron chi connectivity index (χ0n) is 11.3. The number of nitrogens with zero attached hydrogens (tertiary/aromatic N) is 1. The SMILES string of the molecule is CC(C)C1CCN(Cc2ccc(N)c(Br)c2)CC1. The summed E-state index contributed by atoms with van der Waals surface area (Å²) in [6.07, 6.45) is 2.68. The van der Waals surface area contributed by atoms with Gasteiger partial charge in [-0.3, -0.25) is 4.90 Å². The minimum Gasteiger partial charge on any atom is -0.398 e. The highest BCUT2D eigenvalue weighted by Crippen LogP contribution is 2.26. The molecule has 1 aromatic carbocycles. The van der Waals surface area contributed by atoms with Crippen LogP contribution in [0.15, 0.2) is 22.7 Å². The van der Waals surface area contributed by atoms with Gasteiger partial charge in [0.25, 0.3) is 0 Å². The van der Waals surface area contributed by atoms with Crippen LogP contribution in [0.2, 0.25) is 0 Å². The second-order valence-electron chi connectivity index (χ2n) is 5.71. The zero-order chi connectivity index (χ0) is 13.1. The van der Waals surface area contributed by atoms with E-state index in [-0.39, 0.29) is 0 Å². The van der Waals surface area contributed by atoms with Gasteiger partial charge in [0.15, 0.2) is 0 Å². The lowest BCUT2D eigenvalue weighted by Crippen LogP contribution is -2.34. The molecule has 1 aliphatic rings. The molecule has 3 heteroatoms. The Balaban J connectivity index is 1.89. The van der Waals surface area contributed by atoms with Crippen molar-refractivity contribution in [3.63, 3.8) is 0 Å². The second kappa shape index (κ2) is 6.07. The molecule has 2 N–H and O–H groups in total. The Bertz CT molecular complexity index is 395. The van der Waals surface area contributed by atoms with Crippen molar-refractivity contribution in [2.75, 3.05) is 18.8 Å². The molecule has 0 atom stereocenters. The summed E-state index contributed by atoms with van der Waals surface area (Å²) in [4.78, 5) is 2.55. The molecule has 1 aromatic rings. The average molecular weight is 311 g/mol. The summed E-state index contributed by atoms with van der Waals surface area (Å²) < 4.78 is 1.01. The molecule has 0 unspecified atom stereocenters. The van der Waals surface area contributed by atoms with Crippen LogP contribution in [0, 0.1) is 11.8 Å². The summed E-state index contributed by atoms with van der Waals surface area (Å²) in [6.45, 7) is 8.19. The molecule has 0 aliphatic carbocycles. The number of nitrogens with two attached hydrogens (primary N) is 1. The molecule has 2 rings (SSSR count). The number of nitrogen functional groups attached to an aromatic ring is 1. The highest BCUT2D eigenvalue weighted by atomic mass is 79.9. The number of hydrogen-bond donors (Lipinski definition) is 1. The van der Waals surface area contributed by atoms with Crippen LogP contribution in [0.1, 0.15) is 32.3 Å². The molecule has 0 aromatic heterocycles. The van der Waals surface area contributed by atoms with E-state index in [1.165, 1.54) is 31.5 Å². The smallest absolute Gasteiger partial charge is 0.0458 e. The number of halogens is 1. The molecule has 0 bridgehead atoms. The largest absolute Gasteiger partial charge is 0.398 e. The molecule has 0 saturated carbocycles. The van der Waals surface area contributed by atoms with Crippen molar-refractivity contribution in [2.24, 2.45) is 11.8 Å². The van der Waals surface area contributed by atoms with Gasteiger partial charge < -0.3 is 5.73 Å². The lowest BCUT2D eigenvalue weighted by atomic mass is 9.86. The van der Waals surface area contributed by atoms with E-state index < -0.39 is 0 Å². The van der Waals surface area contributed by atoms with E-state index in [1.54, 1.807) is 0 Å². The van der Waals surface area contributed by atoms with Crippen molar-refractivity contribution < 1.29 is 0 Å². The molecule has 0 spiro atoms. The first kappa shape index (κ1) is 13.9. The summed E-state index contributed by atoms with van der Waals surface area (Å²) in [5.41, 5.74) is 7.98. The second-order valence-corrected chi connectivity index (χ2v) is 6.57. The van der Waals surface area contributed by atoms with Gasteiger partial charge in [-0.2, -0.15) is 0 Å². The van der Waals surface area contributed by atoms with Gasteiger partial charge in [0.05, 0.1) is 0 Å². The molecule has 18 heavy (non-hydrogen) atoms. The first-order valence-corrected chi connectivity index (χ1v) is 7.62. The van der Waals surface area contributed by atoms with Crippen molar-refractivity contribution in [3.8, 4) is 0 Å². The van der Waals surface area contributed by atoms with Gasteiger partial charge in [0.1, 0.15) is 0 Å². The topological polar surface area (TPSA) is 29.3 Å². The molecule has 1 fully saturated rings. The lowest BCUT2D eigenvalue weighted by Gasteiger charge is -2.33. The van der Waals surface area contributed by atoms with E-state index in [0.29, 0.717) is 0 Å². The normalized spacial score (nSPS) is 18.4. The van der Waals surface area contributed by atoms with E-state index >= 15 is 0 Å². The first-order valence-electron chi connectivity index (χ1n) is 6.82. The number of likely N-dealkylation sites (tertiary alicyclic amines) is 1. The summed E-state index contributed by atoms with van der Waals surface area (Å²) in [5.74, 6) is 1.75. The third-order valence-corrected chi connectivity index (χ3v) is 4.73. The number of rotatable bonds is 3. The number of piperidine rings is 1. The van der Waals surface area contributed by atoms with E-state index in [1.807, 2.05) is 6.07 Å². The maximum atomic E-state index is 5.81. The quantitative estimate of drug-likeness (QED) is 0.858. The molecular weight excluding hydrogens is 288 g/mol. The third-order valence-electron chi connectivity index (χ3n) is 4.05. The van der Waals surface area contributed by atoms with E-state index in [9.17, 15) is 0 Å². The highest BCUT2D eigenvalue weighted by Gasteiger charge is 2.21. The molecular formula is C15H23BrN2. The fraction of sp³-hybridized carbons (Fsp3) is 0.600. The molecule has 1 saturated heterocycles. The van der Waals surface area contributed by atoms with Crippen molar-refractivity contribution >= 4 is 21.6 Å². The van der Waals surface area contributed by atoms with Crippen LogP contribution in [-0.2, 0) is 6.54 Å². The Kier molecular flexibility index (Phi) is 4.68. The summed E-state index contributed by atoms with van der Waals surface area (Å²) in [7, 11) is 0. The maximum Gasteiger partial charge on any atom is 0.0458 e. The standard InChI is InChI=1S/C15H23BrN2/c1-11(2)13-5-7-18(8-6-13)10-12-3-4-15(17)14(16)9-12/h3-4,9,11,13H,5-8,10,17H2,1-2H3. The van der Waals surface area contributed by atoms with Crippen LogP contribution in [0.25, 0.3) is 0 Å². The van der Waals surface area contributed by atoms with E-state index in [0.717, 1.165) is 28.5 Å². The summed E-state index contributed by atoms with van der Waals surface area (Å²) in [6, 6.07) is 6.26. The Hall–Kier alpha value is -0.540. The van der Waals surface area contributed by atoms with Gasteiger partial charge >= 0.3 is 0 Å². The van der Waals surface area contributed by atoms with Gasteiger partial charge in [0, 0.05) is 16.7 Å². The number of hydrogen-bond acceptors (Lipinski definition) is 2. The predicted molar refractivity (Wildman–Crippen MR) is 81.4 cm³/mol. The fourth-order valence-corrected chi connectivity index (χ4v) is 3.13. The highest BCUT2D eigenvalue weighted by molar-refractivity contribution is 9.10. The lowest BCUT2D eigenvalue weighted by molar-refractivity contribution is 0.152. The van der Waals surface area contributed by atoms with E-state index in [4.69, 9.17) is 5.73 Å². The van der Waals surface area contributed by atoms with Crippen LogP contribution in [0.4, 0.5) is 5.69 Å². The van der Waals surface area contributed by atoms with Crippen LogP contribution in [0.5, 0.6) is 0 Å². The number of anilines is 1. The Morgan fingerprint density at radius 1 is 1.33 bits per heavy atom. The molecule has 1 heterocycles. The Morgan fingerprint density at radius 2 is 2.00 bits per heavy atom. The summed E-state index contributed by atoms with van der Waals surface area (Å²) >= 11 is 3.50. The average Bonchev–Trinajstić information content (AvgIpc) is 2.34. The summed E-state index contributed by atoms with van der Waals surface area (Å²) in [5, 5.41) is 0. The van der Waals surface area contributed by atoms with Crippen molar-refractivity contribution in [1.82, 2.24) is 4.90 Å². The van der Waals surface area contributed by atoms with Gasteiger partial charge in [-0.05, 0) is 71.4 Å². The van der Waals surface area contributed by atoms with Crippen LogP contribution in [0.3, 0.4) is 0 Å². The molecule has 0 radical (unpaired) electrons. The minimum atomic E-state index is 0.817. The Morgan fingerprint density at radius 3 is 2.56 bits per heavy atom. The fourth-order valence-electron chi connectivity index (χ4n) is 2.70. The maximum absolute atomic E-state index is 5.81. The third kappa shape index (κ3) is 3.48. The molecule has 1 aliphatic heterocycles.